The lowest BCUT2D eigenvalue weighted by Gasteiger charge is -2.33. The van der Waals surface area contributed by atoms with Crippen molar-refractivity contribution in [1.82, 2.24) is 0 Å². The van der Waals surface area contributed by atoms with Crippen LogP contribution >= 0.6 is 0 Å². The van der Waals surface area contributed by atoms with Gasteiger partial charge in [0, 0.05) is 5.57 Å². The van der Waals surface area contributed by atoms with Gasteiger partial charge in [0.05, 0.1) is 5.41 Å². The van der Waals surface area contributed by atoms with Crippen LogP contribution in [0.4, 0.5) is 0 Å². The minimum absolute atomic E-state index is 0.0529. The zero-order valence-electron chi connectivity index (χ0n) is 11.4. The zero-order valence-corrected chi connectivity index (χ0v) is 11.4. The van der Waals surface area contributed by atoms with E-state index in [1.165, 1.54) is 5.56 Å². The molecule has 1 nitrogen and oxygen atoms in total. The lowest BCUT2D eigenvalue weighted by atomic mass is 9.68. The lowest BCUT2D eigenvalue weighted by Crippen LogP contribution is -2.33. The molecular formula is C18H18O. The first-order valence-electron chi connectivity index (χ1n) is 7.10. The number of carbonyl (C=O) groups is 1. The number of allylic oxidation sites excluding steroid dienone is 2. The molecule has 1 aromatic carbocycles. The van der Waals surface area contributed by atoms with E-state index in [1.807, 2.05) is 0 Å². The Morgan fingerprint density at radius 3 is 2.53 bits per heavy atom. The van der Waals surface area contributed by atoms with E-state index < -0.39 is 0 Å². The summed E-state index contributed by atoms with van der Waals surface area (Å²) in [5.41, 5.74) is 3.18. The fourth-order valence-corrected chi connectivity index (χ4v) is 4.39. The Hall–Kier alpha value is -1.63. The standard InChI is InChI=1S/C18H18O/c1-17(2)15-8-10-18(17)9-7-12-3-5-13(6-4-12)11-14(15)16(18)19/h3-7,9,11,15H,8,10H2,1-2H3/b9-7-,14-11?. The van der Waals surface area contributed by atoms with Crippen molar-refractivity contribution < 1.29 is 4.79 Å². The van der Waals surface area contributed by atoms with Crippen LogP contribution in [0.5, 0.6) is 0 Å². The van der Waals surface area contributed by atoms with E-state index >= 15 is 0 Å². The third-order valence-electron chi connectivity index (χ3n) is 5.71. The van der Waals surface area contributed by atoms with E-state index in [4.69, 9.17) is 0 Å². The highest BCUT2D eigenvalue weighted by molar-refractivity contribution is 6.09. The average molecular weight is 250 g/mol. The van der Waals surface area contributed by atoms with Crippen LogP contribution in [0.2, 0.25) is 0 Å². The van der Waals surface area contributed by atoms with Gasteiger partial charge in [-0.1, -0.05) is 50.3 Å². The van der Waals surface area contributed by atoms with Crippen LogP contribution in [-0.4, -0.2) is 5.78 Å². The number of ketones is 1. The van der Waals surface area contributed by atoms with E-state index in [1.54, 1.807) is 0 Å². The van der Waals surface area contributed by atoms with E-state index in [2.05, 4.69) is 56.3 Å². The summed E-state index contributed by atoms with van der Waals surface area (Å²) in [5, 5.41) is 0. The van der Waals surface area contributed by atoms with Gasteiger partial charge in [-0.3, -0.25) is 4.79 Å². The smallest absolute Gasteiger partial charge is 0.169 e. The van der Waals surface area contributed by atoms with Gasteiger partial charge in [-0.15, -0.1) is 0 Å². The van der Waals surface area contributed by atoms with Crippen molar-refractivity contribution in [3.8, 4) is 0 Å². The number of carbonyl (C=O) groups excluding carboxylic acids is 1. The molecule has 5 bridgehead atoms. The Morgan fingerprint density at radius 2 is 1.79 bits per heavy atom. The molecule has 2 fully saturated rings. The van der Waals surface area contributed by atoms with Crippen molar-refractivity contribution in [2.24, 2.45) is 16.7 Å². The first-order valence-corrected chi connectivity index (χ1v) is 7.10. The number of Topliss-reactive ketones (excluding diaryl/α,β-unsaturated/α-hetero) is 1. The first kappa shape index (κ1) is 11.2. The minimum Gasteiger partial charge on any atom is -0.294 e. The zero-order chi connectivity index (χ0) is 13.3. The molecule has 0 aromatic heterocycles. The Kier molecular flexibility index (Phi) is 1.93. The fraction of sp³-hybridized carbons (Fsp3) is 0.389. The molecule has 4 aliphatic carbocycles. The predicted octanol–water partition coefficient (Wildman–Crippen LogP) is 4.10. The molecule has 1 aromatic rings. The van der Waals surface area contributed by atoms with Crippen molar-refractivity contribution in [3.63, 3.8) is 0 Å². The number of rotatable bonds is 0. The predicted molar refractivity (Wildman–Crippen MR) is 77.4 cm³/mol. The summed E-state index contributed by atoms with van der Waals surface area (Å²) in [7, 11) is 0. The van der Waals surface area contributed by atoms with Gasteiger partial charge in [0.2, 0.25) is 0 Å². The summed E-state index contributed by atoms with van der Waals surface area (Å²) in [6, 6.07) is 8.48. The Balaban J connectivity index is 2.05. The molecule has 1 spiro atoms. The van der Waals surface area contributed by atoms with Crippen molar-refractivity contribution in [2.45, 2.75) is 26.7 Å². The minimum atomic E-state index is -0.268. The molecule has 2 atom stereocenters. The van der Waals surface area contributed by atoms with Gasteiger partial charge >= 0.3 is 0 Å². The molecule has 0 heterocycles. The van der Waals surface area contributed by atoms with Gasteiger partial charge in [0.25, 0.3) is 0 Å². The second-order valence-electron chi connectivity index (χ2n) is 6.71. The molecule has 2 unspecified atom stereocenters. The third kappa shape index (κ3) is 1.19. The Morgan fingerprint density at radius 1 is 1.11 bits per heavy atom. The first-order chi connectivity index (χ1) is 9.04. The number of fused-ring (bicyclic) bond motifs is 3. The SMILES string of the molecule is CC1(C)C2CCC13/C=C\c1ccc(cc1)C=C2C3=O. The van der Waals surface area contributed by atoms with Crippen LogP contribution in [-0.2, 0) is 4.79 Å². The summed E-state index contributed by atoms with van der Waals surface area (Å²) >= 11 is 0. The molecule has 2 saturated carbocycles. The molecule has 19 heavy (non-hydrogen) atoms. The molecule has 5 rings (SSSR count). The lowest BCUT2D eigenvalue weighted by molar-refractivity contribution is -0.123. The maximum absolute atomic E-state index is 12.9. The monoisotopic (exact) mass is 250 g/mol. The summed E-state index contributed by atoms with van der Waals surface area (Å²) in [4.78, 5) is 12.9. The summed E-state index contributed by atoms with van der Waals surface area (Å²) in [5.74, 6) is 0.786. The second-order valence-corrected chi connectivity index (χ2v) is 6.71. The molecular weight excluding hydrogens is 232 g/mol. The van der Waals surface area contributed by atoms with Crippen LogP contribution in [0, 0.1) is 16.7 Å². The van der Waals surface area contributed by atoms with Crippen LogP contribution in [0.25, 0.3) is 12.2 Å². The van der Waals surface area contributed by atoms with Gasteiger partial charge in [-0.25, -0.2) is 0 Å². The molecule has 0 saturated heterocycles. The normalized spacial score (nSPS) is 35.4. The van der Waals surface area contributed by atoms with Gasteiger partial charge in [0.1, 0.15) is 0 Å². The maximum Gasteiger partial charge on any atom is 0.169 e. The summed E-state index contributed by atoms with van der Waals surface area (Å²) in [6.07, 6.45) is 8.60. The van der Waals surface area contributed by atoms with Crippen LogP contribution < -0.4 is 0 Å². The van der Waals surface area contributed by atoms with Crippen molar-refractivity contribution in [3.05, 3.63) is 47.0 Å². The van der Waals surface area contributed by atoms with Gasteiger partial charge in [0.15, 0.2) is 5.78 Å². The second kappa shape index (κ2) is 3.27. The number of hydrogen-bond donors (Lipinski definition) is 0. The summed E-state index contributed by atoms with van der Waals surface area (Å²) in [6.45, 7) is 4.54. The highest BCUT2D eigenvalue weighted by Gasteiger charge is 2.65. The van der Waals surface area contributed by atoms with Crippen LogP contribution in [0.1, 0.15) is 37.8 Å². The van der Waals surface area contributed by atoms with E-state index in [0.29, 0.717) is 11.7 Å². The highest BCUT2D eigenvalue weighted by Crippen LogP contribution is 2.66. The van der Waals surface area contributed by atoms with Crippen molar-refractivity contribution in [2.75, 3.05) is 0 Å². The number of hydrogen-bond acceptors (Lipinski definition) is 1. The fourth-order valence-electron chi connectivity index (χ4n) is 4.39. The van der Waals surface area contributed by atoms with Gasteiger partial charge in [-0.05, 0) is 41.4 Å². The van der Waals surface area contributed by atoms with E-state index in [0.717, 1.165) is 24.0 Å². The van der Waals surface area contributed by atoms with Crippen molar-refractivity contribution in [1.29, 1.82) is 0 Å². The van der Waals surface area contributed by atoms with Crippen LogP contribution in [0.3, 0.4) is 0 Å². The molecule has 0 aliphatic heterocycles. The molecule has 0 amide bonds. The third-order valence-corrected chi connectivity index (χ3v) is 5.71. The molecule has 4 aliphatic rings. The molecule has 96 valence electrons. The Labute approximate surface area is 114 Å². The quantitative estimate of drug-likeness (QED) is 0.677. The molecule has 0 N–H and O–H groups in total. The van der Waals surface area contributed by atoms with E-state index in [9.17, 15) is 4.79 Å². The topological polar surface area (TPSA) is 17.1 Å². The molecule has 1 heteroatoms. The van der Waals surface area contributed by atoms with Crippen LogP contribution in [0.15, 0.2) is 35.9 Å². The van der Waals surface area contributed by atoms with Crippen molar-refractivity contribution >= 4 is 17.9 Å². The maximum atomic E-state index is 12.9. The molecule has 0 radical (unpaired) electrons. The summed E-state index contributed by atoms with van der Waals surface area (Å²) < 4.78 is 0. The van der Waals surface area contributed by atoms with Gasteiger partial charge in [-0.2, -0.15) is 0 Å². The average Bonchev–Trinajstić information content (AvgIpc) is 2.71. The number of benzene rings is 1. The highest BCUT2D eigenvalue weighted by atomic mass is 16.1. The Bertz CT molecular complexity index is 630. The van der Waals surface area contributed by atoms with Gasteiger partial charge < -0.3 is 0 Å². The largest absolute Gasteiger partial charge is 0.294 e. The van der Waals surface area contributed by atoms with E-state index in [-0.39, 0.29) is 10.8 Å².